The van der Waals surface area contributed by atoms with Crippen molar-refractivity contribution in [3.8, 4) is 67.4 Å². The number of ether oxygens (including phenoxy) is 1. The zero-order chi connectivity index (χ0) is 34.9. The van der Waals surface area contributed by atoms with E-state index in [2.05, 4.69) is 109 Å². The van der Waals surface area contributed by atoms with Gasteiger partial charge in [0.05, 0.1) is 15.6 Å². The normalized spacial score (nSPS) is 13.2. The second-order valence-corrected chi connectivity index (χ2v) is 14.4. The van der Waals surface area contributed by atoms with Crippen LogP contribution in [0.3, 0.4) is 0 Å². The molecule has 53 heavy (non-hydrogen) atoms. The molecular formula is C47H28N4OS. The lowest BCUT2D eigenvalue weighted by atomic mass is 9.65. The van der Waals surface area contributed by atoms with E-state index in [0.29, 0.717) is 17.5 Å². The average Bonchev–Trinajstić information content (AvgIpc) is 3.79. The molecule has 0 saturated carbocycles. The molecule has 2 aromatic heterocycles. The molecule has 0 amide bonds. The Morgan fingerprint density at radius 1 is 0.415 bits per heavy atom. The van der Waals surface area contributed by atoms with E-state index in [0.717, 1.165) is 71.2 Å². The second-order valence-electron chi connectivity index (χ2n) is 13.4. The Balaban J connectivity index is 1.21. The van der Waals surface area contributed by atoms with Crippen LogP contribution in [-0.4, -0.2) is 19.9 Å². The lowest BCUT2D eigenvalue weighted by Crippen LogP contribution is -2.32. The third-order valence-electron chi connectivity index (χ3n) is 10.4. The van der Waals surface area contributed by atoms with Gasteiger partial charge in [-0.15, -0.1) is 11.3 Å². The molecule has 0 saturated heterocycles. The van der Waals surface area contributed by atoms with Gasteiger partial charge in [0.2, 0.25) is 0 Å². The molecule has 0 N–H and O–H groups in total. The Morgan fingerprint density at radius 3 is 1.64 bits per heavy atom. The zero-order valence-electron chi connectivity index (χ0n) is 28.3. The van der Waals surface area contributed by atoms with E-state index in [-0.39, 0.29) is 0 Å². The molecule has 9 aromatic rings. The van der Waals surface area contributed by atoms with Crippen LogP contribution in [0.4, 0.5) is 0 Å². The quantitative estimate of drug-likeness (QED) is 0.183. The van der Waals surface area contributed by atoms with Crippen molar-refractivity contribution in [1.82, 2.24) is 19.9 Å². The van der Waals surface area contributed by atoms with E-state index in [1.165, 1.54) is 11.1 Å². The first kappa shape index (κ1) is 29.9. The number of rotatable bonds is 4. The van der Waals surface area contributed by atoms with Crippen molar-refractivity contribution in [2.75, 3.05) is 0 Å². The van der Waals surface area contributed by atoms with Gasteiger partial charge in [-0.1, -0.05) is 140 Å². The zero-order valence-corrected chi connectivity index (χ0v) is 29.1. The van der Waals surface area contributed by atoms with Gasteiger partial charge in [0.15, 0.2) is 17.5 Å². The number of hydrogen-bond acceptors (Lipinski definition) is 6. The van der Waals surface area contributed by atoms with Gasteiger partial charge in [0.25, 0.3) is 0 Å². The number of benzene rings is 7. The molecule has 1 aliphatic heterocycles. The number of hydrogen-bond donors (Lipinski definition) is 0. The standard InChI is InChI=1S/C47H28N4OS/c1-3-14-29(15-4-1)43-49-44(30-16-5-2-6-17-30)51-45(50-43)31-26-27-35-34(28-31)32-18-13-19-33(46-48-38-22-9-12-25-41(38)53-46)42(32)47(35)36-20-7-10-23-39(36)52-40-24-11-8-21-37(40)47/h1-28H. The van der Waals surface area contributed by atoms with E-state index in [1.807, 2.05) is 60.7 Å². The summed E-state index contributed by atoms with van der Waals surface area (Å²) in [6.07, 6.45) is 0. The van der Waals surface area contributed by atoms with Gasteiger partial charge in [-0.05, 0) is 52.6 Å². The summed E-state index contributed by atoms with van der Waals surface area (Å²) in [5, 5.41) is 0.995. The highest BCUT2D eigenvalue weighted by Gasteiger charge is 2.52. The number of aromatic nitrogens is 4. The summed E-state index contributed by atoms with van der Waals surface area (Å²) in [5.41, 5.74) is 11.2. The van der Waals surface area contributed by atoms with Crippen molar-refractivity contribution in [2.24, 2.45) is 0 Å². The van der Waals surface area contributed by atoms with Crippen molar-refractivity contribution >= 4 is 21.6 Å². The van der Waals surface area contributed by atoms with Crippen LogP contribution < -0.4 is 4.74 Å². The van der Waals surface area contributed by atoms with Crippen LogP contribution in [0.1, 0.15) is 22.3 Å². The van der Waals surface area contributed by atoms with Crippen molar-refractivity contribution < 1.29 is 4.74 Å². The Labute approximate surface area is 309 Å². The van der Waals surface area contributed by atoms with Crippen LogP contribution in [0, 0.1) is 0 Å². The summed E-state index contributed by atoms with van der Waals surface area (Å²) in [4.78, 5) is 20.4. The maximum atomic E-state index is 6.65. The molecule has 0 atom stereocenters. The molecule has 0 bridgehead atoms. The molecule has 1 aliphatic carbocycles. The van der Waals surface area contributed by atoms with Crippen LogP contribution in [-0.2, 0) is 5.41 Å². The third-order valence-corrected chi connectivity index (χ3v) is 11.5. The fourth-order valence-corrected chi connectivity index (χ4v) is 9.20. The minimum Gasteiger partial charge on any atom is -0.457 e. The van der Waals surface area contributed by atoms with Crippen molar-refractivity contribution in [2.45, 2.75) is 5.41 Å². The molecule has 5 nitrogen and oxygen atoms in total. The van der Waals surface area contributed by atoms with Crippen LogP contribution in [0.25, 0.3) is 66.1 Å². The predicted molar refractivity (Wildman–Crippen MR) is 212 cm³/mol. The lowest BCUT2D eigenvalue weighted by Gasteiger charge is -2.40. The van der Waals surface area contributed by atoms with Crippen LogP contribution in [0.5, 0.6) is 11.5 Å². The summed E-state index contributed by atoms with van der Waals surface area (Å²) in [6.45, 7) is 0. The molecule has 0 fully saturated rings. The Morgan fingerprint density at radius 2 is 0.981 bits per heavy atom. The second kappa shape index (κ2) is 11.6. The molecule has 248 valence electrons. The maximum Gasteiger partial charge on any atom is 0.164 e. The third kappa shape index (κ3) is 4.49. The molecule has 3 heterocycles. The minimum absolute atomic E-state index is 0.623. The first-order valence-electron chi connectivity index (χ1n) is 17.6. The van der Waals surface area contributed by atoms with Gasteiger partial charge in [-0.3, -0.25) is 0 Å². The summed E-state index contributed by atoms with van der Waals surface area (Å²) in [6, 6.07) is 58.9. The molecule has 2 aliphatic rings. The molecule has 11 rings (SSSR count). The van der Waals surface area contributed by atoms with Gasteiger partial charge in [-0.2, -0.15) is 0 Å². The Kier molecular flexibility index (Phi) is 6.57. The van der Waals surface area contributed by atoms with E-state index < -0.39 is 5.41 Å². The first-order valence-corrected chi connectivity index (χ1v) is 18.5. The number of fused-ring (bicyclic) bond motifs is 10. The molecule has 0 radical (unpaired) electrons. The SMILES string of the molecule is c1ccc(-c2nc(-c3ccccc3)nc(-c3ccc4c(c3)-c3cccc(-c5nc6ccccc6s5)c3C43c4ccccc4Oc4ccccc43)n2)cc1. The number of thiazole rings is 1. The summed E-state index contributed by atoms with van der Waals surface area (Å²) in [5.74, 6) is 3.60. The van der Waals surface area contributed by atoms with Gasteiger partial charge in [0.1, 0.15) is 16.5 Å². The van der Waals surface area contributed by atoms with Crippen molar-refractivity contribution in [1.29, 1.82) is 0 Å². The molecule has 6 heteroatoms. The van der Waals surface area contributed by atoms with E-state index in [4.69, 9.17) is 24.7 Å². The van der Waals surface area contributed by atoms with Gasteiger partial charge < -0.3 is 4.74 Å². The number of nitrogens with zero attached hydrogens (tertiary/aromatic N) is 4. The maximum absolute atomic E-state index is 6.65. The summed E-state index contributed by atoms with van der Waals surface area (Å²) in [7, 11) is 0. The number of para-hydroxylation sites is 3. The molecular weight excluding hydrogens is 669 g/mol. The molecule has 1 spiro atoms. The van der Waals surface area contributed by atoms with E-state index in [1.54, 1.807) is 11.3 Å². The topological polar surface area (TPSA) is 60.8 Å². The van der Waals surface area contributed by atoms with Crippen LogP contribution in [0.2, 0.25) is 0 Å². The van der Waals surface area contributed by atoms with Gasteiger partial charge >= 0.3 is 0 Å². The monoisotopic (exact) mass is 696 g/mol. The molecule has 7 aromatic carbocycles. The van der Waals surface area contributed by atoms with Crippen LogP contribution >= 0.6 is 11.3 Å². The summed E-state index contributed by atoms with van der Waals surface area (Å²) < 4.78 is 7.82. The lowest BCUT2D eigenvalue weighted by molar-refractivity contribution is 0.436. The van der Waals surface area contributed by atoms with Crippen LogP contribution in [0.15, 0.2) is 170 Å². The van der Waals surface area contributed by atoms with Gasteiger partial charge in [0, 0.05) is 33.4 Å². The highest BCUT2D eigenvalue weighted by atomic mass is 32.1. The van der Waals surface area contributed by atoms with Crippen molar-refractivity contribution in [3.05, 3.63) is 192 Å². The Bertz CT molecular complexity index is 2750. The minimum atomic E-state index is -0.660. The first-order chi connectivity index (χ1) is 26.3. The average molecular weight is 697 g/mol. The Hall–Kier alpha value is -6.76. The van der Waals surface area contributed by atoms with Gasteiger partial charge in [-0.25, -0.2) is 19.9 Å². The highest BCUT2D eigenvalue weighted by molar-refractivity contribution is 7.21. The summed E-state index contributed by atoms with van der Waals surface area (Å²) >= 11 is 1.73. The van der Waals surface area contributed by atoms with Crippen molar-refractivity contribution in [3.63, 3.8) is 0 Å². The van der Waals surface area contributed by atoms with E-state index >= 15 is 0 Å². The highest BCUT2D eigenvalue weighted by Crippen LogP contribution is 2.64. The molecule has 0 unspecified atom stereocenters. The fourth-order valence-electron chi connectivity index (χ4n) is 8.21. The smallest absolute Gasteiger partial charge is 0.164 e. The largest absolute Gasteiger partial charge is 0.457 e. The van der Waals surface area contributed by atoms with E-state index in [9.17, 15) is 0 Å². The predicted octanol–water partition coefficient (Wildman–Crippen LogP) is 11.6. The fraction of sp³-hybridized carbons (Fsp3) is 0.0213.